The summed E-state index contributed by atoms with van der Waals surface area (Å²) >= 11 is 0. The number of hydrogen-bond acceptors (Lipinski definition) is 2. The maximum Gasteiger partial charge on any atom is 0.274 e. The fourth-order valence-corrected chi connectivity index (χ4v) is 2.72. The zero-order chi connectivity index (χ0) is 15.7. The normalized spacial score (nSPS) is 10.9. The molecule has 112 valence electrons. The molecule has 4 heteroatoms. The van der Waals surface area contributed by atoms with Crippen LogP contribution in [0.3, 0.4) is 0 Å². The number of anilines is 1. The topological polar surface area (TPSA) is 46.4 Å². The number of carbonyl (C=O) groups is 1. The molecule has 0 atom stereocenters. The summed E-state index contributed by atoms with van der Waals surface area (Å²) in [6.45, 7) is 6.01. The molecule has 0 aliphatic carbocycles. The Balaban J connectivity index is 2.06. The van der Waals surface area contributed by atoms with E-state index in [1.807, 2.05) is 67.8 Å². The first-order valence-corrected chi connectivity index (χ1v) is 7.45. The monoisotopic (exact) mass is 293 g/mol. The highest BCUT2D eigenvalue weighted by molar-refractivity contribution is 6.05. The highest BCUT2D eigenvalue weighted by Gasteiger charge is 2.19. The summed E-state index contributed by atoms with van der Waals surface area (Å²) < 4.78 is 1.85. The van der Waals surface area contributed by atoms with E-state index in [4.69, 9.17) is 0 Å². The molecule has 3 aromatic rings. The number of nitrogens with zero attached hydrogens (tertiary/aromatic N) is 2. The molecule has 1 amide bonds. The van der Waals surface area contributed by atoms with Crippen LogP contribution >= 0.6 is 0 Å². The summed E-state index contributed by atoms with van der Waals surface area (Å²) in [6.07, 6.45) is 2.60. The summed E-state index contributed by atoms with van der Waals surface area (Å²) in [5, 5.41) is 3.05. The third-order valence-electron chi connectivity index (χ3n) is 3.87. The Morgan fingerprint density at radius 3 is 2.55 bits per heavy atom. The van der Waals surface area contributed by atoms with Gasteiger partial charge in [-0.25, -0.2) is 4.98 Å². The molecule has 4 nitrogen and oxygen atoms in total. The summed E-state index contributed by atoms with van der Waals surface area (Å²) in [5.41, 5.74) is 5.21. The number of fused-ring (bicyclic) bond motifs is 1. The van der Waals surface area contributed by atoms with E-state index in [1.165, 1.54) is 0 Å². The Kier molecular flexibility index (Phi) is 3.67. The Bertz CT molecular complexity index is 828. The smallest absolute Gasteiger partial charge is 0.274 e. The standard InChI is InChI=1S/C18H19N3O/c1-4-14-17(21-11-6-5-10-15(21)19-14)18(22)20-16-12(2)8-7-9-13(16)3/h5-11H,4H2,1-3H3,(H,20,22). The van der Waals surface area contributed by atoms with Crippen molar-refractivity contribution in [1.29, 1.82) is 0 Å². The number of benzene rings is 1. The summed E-state index contributed by atoms with van der Waals surface area (Å²) in [5.74, 6) is -0.118. The molecule has 0 radical (unpaired) electrons. The fraction of sp³-hybridized carbons (Fsp3) is 0.222. The highest BCUT2D eigenvalue weighted by atomic mass is 16.2. The number of rotatable bonds is 3. The van der Waals surface area contributed by atoms with Crippen molar-refractivity contribution in [3.05, 3.63) is 65.1 Å². The minimum atomic E-state index is -0.118. The number of para-hydroxylation sites is 1. The van der Waals surface area contributed by atoms with Crippen LogP contribution in [0.5, 0.6) is 0 Å². The minimum Gasteiger partial charge on any atom is -0.320 e. The Labute approximate surface area is 129 Å². The molecule has 0 fully saturated rings. The molecule has 0 aliphatic rings. The molecule has 0 saturated heterocycles. The quantitative estimate of drug-likeness (QED) is 0.799. The maximum absolute atomic E-state index is 12.8. The second-order valence-electron chi connectivity index (χ2n) is 5.41. The van der Waals surface area contributed by atoms with Crippen LogP contribution in [-0.4, -0.2) is 15.3 Å². The zero-order valence-corrected chi connectivity index (χ0v) is 13.1. The van der Waals surface area contributed by atoms with Gasteiger partial charge in [-0.15, -0.1) is 0 Å². The van der Waals surface area contributed by atoms with Crippen molar-refractivity contribution in [1.82, 2.24) is 9.38 Å². The molecule has 0 aliphatic heterocycles. The molecule has 2 aromatic heterocycles. The van der Waals surface area contributed by atoms with Crippen LogP contribution in [0.1, 0.15) is 34.2 Å². The number of carbonyl (C=O) groups excluding carboxylic acids is 1. The van der Waals surface area contributed by atoms with Crippen LogP contribution in [0, 0.1) is 13.8 Å². The molecule has 3 rings (SSSR count). The second kappa shape index (κ2) is 5.64. The first-order valence-electron chi connectivity index (χ1n) is 7.45. The number of aryl methyl sites for hydroxylation is 3. The van der Waals surface area contributed by atoms with E-state index in [0.717, 1.165) is 34.6 Å². The van der Waals surface area contributed by atoms with Crippen molar-refractivity contribution in [2.75, 3.05) is 5.32 Å². The van der Waals surface area contributed by atoms with Crippen LogP contribution in [0.25, 0.3) is 5.65 Å². The van der Waals surface area contributed by atoms with Crippen LogP contribution in [0.15, 0.2) is 42.6 Å². The van der Waals surface area contributed by atoms with E-state index in [-0.39, 0.29) is 5.91 Å². The lowest BCUT2D eigenvalue weighted by atomic mass is 10.1. The van der Waals surface area contributed by atoms with E-state index in [1.54, 1.807) is 0 Å². The SMILES string of the molecule is CCc1nc2ccccn2c1C(=O)Nc1c(C)cccc1C. The van der Waals surface area contributed by atoms with Gasteiger partial charge in [-0.1, -0.05) is 31.2 Å². The summed E-state index contributed by atoms with van der Waals surface area (Å²) in [6, 6.07) is 11.7. The first-order chi connectivity index (χ1) is 10.6. The lowest BCUT2D eigenvalue weighted by molar-refractivity contribution is 0.102. The molecule has 2 heterocycles. The van der Waals surface area contributed by atoms with Crippen molar-refractivity contribution in [3.63, 3.8) is 0 Å². The summed E-state index contributed by atoms with van der Waals surface area (Å²) in [4.78, 5) is 17.3. The summed E-state index contributed by atoms with van der Waals surface area (Å²) in [7, 11) is 0. The van der Waals surface area contributed by atoms with E-state index in [0.29, 0.717) is 5.69 Å². The first kappa shape index (κ1) is 14.3. The molecule has 0 bridgehead atoms. The van der Waals surface area contributed by atoms with Crippen LogP contribution in [0.2, 0.25) is 0 Å². The molecule has 0 spiro atoms. The van der Waals surface area contributed by atoms with Crippen molar-refractivity contribution in [2.45, 2.75) is 27.2 Å². The van der Waals surface area contributed by atoms with Crippen molar-refractivity contribution < 1.29 is 4.79 Å². The van der Waals surface area contributed by atoms with Gasteiger partial charge in [-0.3, -0.25) is 9.20 Å². The Morgan fingerprint density at radius 2 is 1.86 bits per heavy atom. The van der Waals surface area contributed by atoms with Gasteiger partial charge in [0.2, 0.25) is 0 Å². The molecule has 22 heavy (non-hydrogen) atoms. The van der Waals surface area contributed by atoms with Gasteiger partial charge < -0.3 is 5.32 Å². The average molecular weight is 293 g/mol. The Morgan fingerprint density at radius 1 is 1.14 bits per heavy atom. The number of nitrogens with one attached hydrogen (secondary N) is 1. The van der Waals surface area contributed by atoms with Gasteiger partial charge in [-0.2, -0.15) is 0 Å². The van der Waals surface area contributed by atoms with E-state index in [9.17, 15) is 4.79 Å². The number of imidazole rings is 1. The Hall–Kier alpha value is -2.62. The van der Waals surface area contributed by atoms with Crippen LogP contribution < -0.4 is 5.32 Å². The maximum atomic E-state index is 12.8. The number of aromatic nitrogens is 2. The van der Waals surface area contributed by atoms with Crippen LogP contribution in [-0.2, 0) is 6.42 Å². The minimum absolute atomic E-state index is 0.118. The second-order valence-corrected chi connectivity index (χ2v) is 5.41. The van der Waals surface area contributed by atoms with Crippen molar-refractivity contribution in [3.8, 4) is 0 Å². The largest absolute Gasteiger partial charge is 0.320 e. The van der Waals surface area contributed by atoms with Gasteiger partial charge in [0, 0.05) is 11.9 Å². The molecule has 1 aromatic carbocycles. The number of amides is 1. The highest BCUT2D eigenvalue weighted by Crippen LogP contribution is 2.21. The van der Waals surface area contributed by atoms with Gasteiger partial charge in [-0.05, 0) is 43.5 Å². The van der Waals surface area contributed by atoms with Crippen LogP contribution in [0.4, 0.5) is 5.69 Å². The van der Waals surface area contributed by atoms with E-state index >= 15 is 0 Å². The number of pyridine rings is 1. The fourth-order valence-electron chi connectivity index (χ4n) is 2.72. The molecule has 1 N–H and O–H groups in total. The van der Waals surface area contributed by atoms with E-state index in [2.05, 4.69) is 10.3 Å². The molecular weight excluding hydrogens is 274 g/mol. The van der Waals surface area contributed by atoms with Gasteiger partial charge in [0.1, 0.15) is 11.3 Å². The van der Waals surface area contributed by atoms with Crippen molar-refractivity contribution in [2.24, 2.45) is 0 Å². The third kappa shape index (κ3) is 2.37. The van der Waals surface area contributed by atoms with Gasteiger partial charge in [0.15, 0.2) is 0 Å². The molecule has 0 unspecified atom stereocenters. The van der Waals surface area contributed by atoms with Gasteiger partial charge in [0.25, 0.3) is 5.91 Å². The van der Waals surface area contributed by atoms with Gasteiger partial charge in [0.05, 0.1) is 5.69 Å². The zero-order valence-electron chi connectivity index (χ0n) is 13.1. The molecule has 0 saturated carbocycles. The predicted octanol–water partition coefficient (Wildman–Crippen LogP) is 3.77. The van der Waals surface area contributed by atoms with Crippen molar-refractivity contribution >= 4 is 17.2 Å². The lowest BCUT2D eigenvalue weighted by Crippen LogP contribution is -2.17. The van der Waals surface area contributed by atoms with Gasteiger partial charge >= 0.3 is 0 Å². The third-order valence-corrected chi connectivity index (χ3v) is 3.87. The van der Waals surface area contributed by atoms with E-state index < -0.39 is 0 Å². The predicted molar refractivity (Wildman–Crippen MR) is 88.4 cm³/mol. The lowest BCUT2D eigenvalue weighted by Gasteiger charge is -2.12. The molecular formula is C18H19N3O. The average Bonchev–Trinajstić information content (AvgIpc) is 2.89. The number of hydrogen-bond donors (Lipinski definition) is 1.